The van der Waals surface area contributed by atoms with Crippen molar-refractivity contribution >= 4 is 5.95 Å². The van der Waals surface area contributed by atoms with Gasteiger partial charge in [-0.3, -0.25) is 4.90 Å². The first-order valence-corrected chi connectivity index (χ1v) is 7.06. The molecular formula is C14H28N4O. The maximum atomic E-state index is 5.03. The van der Waals surface area contributed by atoms with Crippen LogP contribution in [-0.2, 0) is 11.3 Å². The first kappa shape index (κ1) is 16.0. The Morgan fingerprint density at radius 3 is 2.58 bits per heavy atom. The molecule has 0 amide bonds. The quantitative estimate of drug-likeness (QED) is 0.696. The zero-order valence-electron chi connectivity index (χ0n) is 12.9. The van der Waals surface area contributed by atoms with E-state index in [1.54, 1.807) is 7.11 Å². The largest absolute Gasteiger partial charge is 0.383 e. The number of hydrogen-bond acceptors (Lipinski definition) is 4. The molecule has 19 heavy (non-hydrogen) atoms. The Kier molecular flexibility index (Phi) is 6.87. The number of anilines is 1. The van der Waals surface area contributed by atoms with Gasteiger partial charge in [0.2, 0.25) is 5.95 Å². The molecule has 0 fully saturated rings. The smallest absolute Gasteiger partial charge is 0.202 e. The lowest BCUT2D eigenvalue weighted by Gasteiger charge is -2.30. The minimum absolute atomic E-state index is 0.563. The summed E-state index contributed by atoms with van der Waals surface area (Å²) in [7, 11) is 1.71. The van der Waals surface area contributed by atoms with Gasteiger partial charge in [-0.1, -0.05) is 0 Å². The zero-order valence-corrected chi connectivity index (χ0v) is 12.9. The average molecular weight is 268 g/mol. The van der Waals surface area contributed by atoms with E-state index in [9.17, 15) is 0 Å². The number of imidazole rings is 1. The molecule has 5 nitrogen and oxygen atoms in total. The van der Waals surface area contributed by atoms with Gasteiger partial charge in [0, 0.05) is 51.2 Å². The highest BCUT2D eigenvalue weighted by molar-refractivity contribution is 5.25. The van der Waals surface area contributed by atoms with E-state index in [1.807, 2.05) is 12.4 Å². The molecule has 0 unspecified atom stereocenters. The van der Waals surface area contributed by atoms with Crippen LogP contribution in [0.15, 0.2) is 12.4 Å². The van der Waals surface area contributed by atoms with E-state index in [2.05, 4.69) is 47.5 Å². The average Bonchev–Trinajstić information content (AvgIpc) is 2.76. The maximum absolute atomic E-state index is 5.03. The van der Waals surface area contributed by atoms with Gasteiger partial charge in [-0.05, 0) is 27.7 Å². The van der Waals surface area contributed by atoms with Crippen LogP contribution in [0.4, 0.5) is 5.95 Å². The van der Waals surface area contributed by atoms with Crippen LogP contribution in [0, 0.1) is 0 Å². The van der Waals surface area contributed by atoms with Crippen molar-refractivity contribution in [1.29, 1.82) is 0 Å². The molecule has 0 radical (unpaired) electrons. The topological polar surface area (TPSA) is 42.3 Å². The molecule has 5 heteroatoms. The van der Waals surface area contributed by atoms with Crippen LogP contribution in [0.3, 0.4) is 0 Å². The van der Waals surface area contributed by atoms with Crippen LogP contribution < -0.4 is 5.32 Å². The monoisotopic (exact) mass is 268 g/mol. The Morgan fingerprint density at radius 1 is 1.32 bits per heavy atom. The van der Waals surface area contributed by atoms with Crippen molar-refractivity contribution in [3.05, 3.63) is 12.4 Å². The van der Waals surface area contributed by atoms with Gasteiger partial charge in [0.05, 0.1) is 6.61 Å². The lowest BCUT2D eigenvalue weighted by molar-refractivity contribution is 0.168. The summed E-state index contributed by atoms with van der Waals surface area (Å²) in [5, 5.41) is 3.28. The van der Waals surface area contributed by atoms with Gasteiger partial charge in [-0.15, -0.1) is 0 Å². The minimum Gasteiger partial charge on any atom is -0.383 e. The lowest BCUT2D eigenvalue weighted by Crippen LogP contribution is -2.39. The summed E-state index contributed by atoms with van der Waals surface area (Å²) in [5.41, 5.74) is 0. The Morgan fingerprint density at radius 2 is 2.00 bits per heavy atom. The van der Waals surface area contributed by atoms with Crippen molar-refractivity contribution < 1.29 is 4.74 Å². The molecule has 1 N–H and O–H groups in total. The van der Waals surface area contributed by atoms with Crippen LogP contribution in [0.5, 0.6) is 0 Å². The zero-order chi connectivity index (χ0) is 14.3. The van der Waals surface area contributed by atoms with E-state index in [0.29, 0.717) is 18.7 Å². The fourth-order valence-electron chi connectivity index (χ4n) is 2.26. The second kappa shape index (κ2) is 8.17. The van der Waals surface area contributed by atoms with Crippen LogP contribution in [0.1, 0.15) is 27.7 Å². The molecule has 1 heterocycles. The fourth-order valence-corrected chi connectivity index (χ4v) is 2.26. The predicted molar refractivity (Wildman–Crippen MR) is 79.6 cm³/mol. The van der Waals surface area contributed by atoms with E-state index >= 15 is 0 Å². The molecule has 1 aromatic heterocycles. The highest BCUT2D eigenvalue weighted by atomic mass is 16.5. The summed E-state index contributed by atoms with van der Waals surface area (Å²) in [6.07, 6.45) is 3.86. The Balaban J connectivity index is 2.50. The van der Waals surface area contributed by atoms with E-state index in [4.69, 9.17) is 4.74 Å². The fraction of sp³-hybridized carbons (Fsp3) is 0.786. The highest BCUT2D eigenvalue weighted by Gasteiger charge is 2.13. The summed E-state index contributed by atoms with van der Waals surface area (Å²) in [4.78, 5) is 6.82. The number of nitrogens with zero attached hydrogens (tertiary/aromatic N) is 3. The van der Waals surface area contributed by atoms with Crippen molar-refractivity contribution in [2.45, 2.75) is 46.3 Å². The van der Waals surface area contributed by atoms with Crippen molar-refractivity contribution in [3.8, 4) is 0 Å². The number of methoxy groups -OCH3 is 1. The van der Waals surface area contributed by atoms with Crippen molar-refractivity contribution in [3.63, 3.8) is 0 Å². The molecule has 1 aromatic rings. The molecule has 0 bridgehead atoms. The van der Waals surface area contributed by atoms with Crippen molar-refractivity contribution in [1.82, 2.24) is 14.5 Å². The third-order valence-electron chi connectivity index (χ3n) is 3.23. The number of hydrogen-bond donors (Lipinski definition) is 1. The standard InChI is InChI=1S/C14H28N4O/c1-12(2)18(13(3)4)10-9-17-8-6-15-14(17)16-7-11-19-5/h6,8,12-13H,7,9-11H2,1-5H3,(H,15,16). The lowest BCUT2D eigenvalue weighted by atomic mass is 10.2. The SMILES string of the molecule is COCCNc1nccn1CCN(C(C)C)C(C)C. The number of ether oxygens (including phenoxy) is 1. The molecule has 0 atom stereocenters. The third-order valence-corrected chi connectivity index (χ3v) is 3.23. The molecular weight excluding hydrogens is 240 g/mol. The molecule has 0 saturated carbocycles. The van der Waals surface area contributed by atoms with Gasteiger partial charge in [-0.2, -0.15) is 0 Å². The van der Waals surface area contributed by atoms with Crippen LogP contribution in [0.2, 0.25) is 0 Å². The highest BCUT2D eigenvalue weighted by Crippen LogP contribution is 2.08. The second-order valence-electron chi connectivity index (χ2n) is 5.29. The minimum atomic E-state index is 0.563. The van der Waals surface area contributed by atoms with E-state index in [-0.39, 0.29) is 0 Å². The first-order chi connectivity index (χ1) is 9.06. The number of nitrogens with one attached hydrogen (secondary N) is 1. The van der Waals surface area contributed by atoms with E-state index in [1.165, 1.54) is 0 Å². The van der Waals surface area contributed by atoms with Crippen LogP contribution >= 0.6 is 0 Å². The van der Waals surface area contributed by atoms with E-state index < -0.39 is 0 Å². The van der Waals surface area contributed by atoms with Gasteiger partial charge in [0.25, 0.3) is 0 Å². The first-order valence-electron chi connectivity index (χ1n) is 7.06. The summed E-state index contributed by atoms with van der Waals surface area (Å²) in [6.45, 7) is 12.4. The predicted octanol–water partition coefficient (Wildman–Crippen LogP) is 2.06. The summed E-state index contributed by atoms with van der Waals surface area (Å²) < 4.78 is 7.19. The second-order valence-corrected chi connectivity index (χ2v) is 5.29. The van der Waals surface area contributed by atoms with Gasteiger partial charge in [-0.25, -0.2) is 4.98 Å². The normalized spacial score (nSPS) is 11.8. The molecule has 0 aromatic carbocycles. The molecule has 0 aliphatic carbocycles. The number of aromatic nitrogens is 2. The van der Waals surface area contributed by atoms with Crippen LogP contribution in [-0.4, -0.2) is 53.3 Å². The van der Waals surface area contributed by atoms with Gasteiger partial charge < -0.3 is 14.6 Å². The molecule has 1 rings (SSSR count). The molecule has 0 saturated heterocycles. The Labute approximate surface area is 117 Å². The van der Waals surface area contributed by atoms with Gasteiger partial charge in [0.15, 0.2) is 0 Å². The summed E-state index contributed by atoms with van der Waals surface area (Å²) >= 11 is 0. The third kappa shape index (κ3) is 5.20. The maximum Gasteiger partial charge on any atom is 0.202 e. The summed E-state index contributed by atoms with van der Waals surface area (Å²) in [6, 6.07) is 1.13. The van der Waals surface area contributed by atoms with Gasteiger partial charge >= 0.3 is 0 Å². The summed E-state index contributed by atoms with van der Waals surface area (Å²) in [5.74, 6) is 0.921. The van der Waals surface area contributed by atoms with Crippen LogP contribution in [0.25, 0.3) is 0 Å². The number of rotatable bonds is 9. The molecule has 110 valence electrons. The van der Waals surface area contributed by atoms with Gasteiger partial charge in [0.1, 0.15) is 0 Å². The van der Waals surface area contributed by atoms with Crippen molar-refractivity contribution in [2.24, 2.45) is 0 Å². The molecule has 0 aliphatic rings. The molecule has 0 spiro atoms. The van der Waals surface area contributed by atoms with E-state index in [0.717, 1.165) is 25.6 Å². The Bertz CT molecular complexity index is 341. The molecule has 0 aliphatic heterocycles. The van der Waals surface area contributed by atoms with Crippen molar-refractivity contribution in [2.75, 3.05) is 32.1 Å². The Hall–Kier alpha value is -1.07.